The topological polar surface area (TPSA) is 100 Å². The SMILES string of the molecule is Cn1c(NC(=O)OC(C)(C)C)ccc1C(=O)On1nnc2ccccc21. The number of ether oxygens (including phenoxy) is 1. The Balaban J connectivity index is 1.75. The van der Waals surface area contributed by atoms with Crippen molar-refractivity contribution in [2.75, 3.05) is 5.32 Å². The molecule has 0 aliphatic heterocycles. The third-order valence-corrected chi connectivity index (χ3v) is 3.45. The fraction of sp³-hybridized carbons (Fsp3) is 0.294. The van der Waals surface area contributed by atoms with E-state index in [0.717, 1.165) is 4.85 Å². The summed E-state index contributed by atoms with van der Waals surface area (Å²) in [6.45, 7) is 5.30. The fourth-order valence-corrected chi connectivity index (χ4v) is 2.29. The van der Waals surface area contributed by atoms with E-state index in [2.05, 4.69) is 15.6 Å². The van der Waals surface area contributed by atoms with Crippen molar-refractivity contribution >= 4 is 28.9 Å². The molecule has 0 aliphatic carbocycles. The predicted octanol–water partition coefficient (Wildman–Crippen LogP) is 2.39. The molecule has 0 radical (unpaired) electrons. The van der Waals surface area contributed by atoms with Crippen LogP contribution in [0.4, 0.5) is 10.6 Å². The summed E-state index contributed by atoms with van der Waals surface area (Å²) in [5, 5.41) is 10.3. The molecule has 0 unspecified atom stereocenters. The molecule has 0 atom stereocenters. The molecule has 9 heteroatoms. The molecule has 1 aromatic carbocycles. The van der Waals surface area contributed by atoms with Crippen LogP contribution >= 0.6 is 0 Å². The maximum atomic E-state index is 12.4. The van der Waals surface area contributed by atoms with Gasteiger partial charge in [-0.3, -0.25) is 5.32 Å². The van der Waals surface area contributed by atoms with Gasteiger partial charge in [0.25, 0.3) is 0 Å². The smallest absolute Gasteiger partial charge is 0.413 e. The Morgan fingerprint density at radius 1 is 1.12 bits per heavy atom. The number of nitrogens with zero attached hydrogens (tertiary/aromatic N) is 4. The van der Waals surface area contributed by atoms with Crippen molar-refractivity contribution in [2.24, 2.45) is 7.05 Å². The van der Waals surface area contributed by atoms with Gasteiger partial charge in [0.05, 0.1) is 0 Å². The molecule has 0 bridgehead atoms. The van der Waals surface area contributed by atoms with E-state index in [1.165, 1.54) is 10.6 Å². The number of fused-ring (bicyclic) bond motifs is 1. The van der Waals surface area contributed by atoms with E-state index < -0.39 is 17.7 Å². The summed E-state index contributed by atoms with van der Waals surface area (Å²) in [4.78, 5) is 30.6. The van der Waals surface area contributed by atoms with Crippen molar-refractivity contribution in [3.63, 3.8) is 0 Å². The first-order valence-corrected chi connectivity index (χ1v) is 7.93. The van der Waals surface area contributed by atoms with Crippen molar-refractivity contribution < 1.29 is 19.2 Å². The minimum Gasteiger partial charge on any atom is -0.444 e. The van der Waals surface area contributed by atoms with E-state index in [1.54, 1.807) is 52.1 Å². The lowest BCUT2D eigenvalue weighted by Gasteiger charge is -2.19. The van der Waals surface area contributed by atoms with Crippen LogP contribution in [0, 0.1) is 0 Å². The number of carbonyl (C=O) groups is 2. The highest BCUT2D eigenvalue weighted by atomic mass is 16.7. The molecule has 3 aromatic rings. The molecular formula is C17H19N5O4. The Kier molecular flexibility index (Phi) is 4.37. The van der Waals surface area contributed by atoms with Gasteiger partial charge in [0.15, 0.2) is 0 Å². The molecule has 0 saturated heterocycles. The highest BCUT2D eigenvalue weighted by Crippen LogP contribution is 2.16. The molecule has 2 heterocycles. The van der Waals surface area contributed by atoms with Gasteiger partial charge in [-0.05, 0) is 50.3 Å². The zero-order chi connectivity index (χ0) is 18.9. The summed E-state index contributed by atoms with van der Waals surface area (Å²) in [5.74, 6) is -0.241. The van der Waals surface area contributed by atoms with E-state index in [1.807, 2.05) is 6.07 Å². The largest absolute Gasteiger partial charge is 0.444 e. The van der Waals surface area contributed by atoms with Crippen molar-refractivity contribution in [1.29, 1.82) is 0 Å². The summed E-state index contributed by atoms with van der Waals surface area (Å²) in [7, 11) is 1.63. The van der Waals surface area contributed by atoms with Crippen LogP contribution in [0.5, 0.6) is 0 Å². The number of aromatic nitrogens is 4. The number of benzene rings is 1. The van der Waals surface area contributed by atoms with Gasteiger partial charge in [-0.2, -0.15) is 0 Å². The summed E-state index contributed by atoms with van der Waals surface area (Å²) in [6.07, 6.45) is -0.610. The molecule has 3 rings (SSSR count). The molecule has 0 fully saturated rings. The highest BCUT2D eigenvalue weighted by Gasteiger charge is 2.20. The van der Waals surface area contributed by atoms with Crippen LogP contribution in [-0.2, 0) is 11.8 Å². The van der Waals surface area contributed by atoms with Gasteiger partial charge >= 0.3 is 12.1 Å². The quantitative estimate of drug-likeness (QED) is 0.723. The van der Waals surface area contributed by atoms with Crippen molar-refractivity contribution in [2.45, 2.75) is 26.4 Å². The van der Waals surface area contributed by atoms with E-state index >= 15 is 0 Å². The Bertz CT molecular complexity index is 967. The lowest BCUT2D eigenvalue weighted by Crippen LogP contribution is -2.28. The van der Waals surface area contributed by atoms with E-state index in [9.17, 15) is 9.59 Å². The number of para-hydroxylation sites is 1. The molecule has 0 aliphatic rings. The second-order valence-electron chi connectivity index (χ2n) is 6.62. The molecule has 2 aromatic heterocycles. The van der Waals surface area contributed by atoms with E-state index in [4.69, 9.17) is 9.57 Å². The molecule has 1 amide bonds. The average Bonchev–Trinajstić information content (AvgIpc) is 3.11. The summed E-state index contributed by atoms with van der Waals surface area (Å²) < 4.78 is 6.69. The number of hydrogen-bond donors (Lipinski definition) is 1. The van der Waals surface area contributed by atoms with Crippen molar-refractivity contribution in [3.8, 4) is 0 Å². The van der Waals surface area contributed by atoms with E-state index in [-0.39, 0.29) is 5.69 Å². The Hall–Kier alpha value is -3.36. The molecule has 26 heavy (non-hydrogen) atoms. The number of anilines is 1. The van der Waals surface area contributed by atoms with Gasteiger partial charge in [-0.25, -0.2) is 9.59 Å². The normalized spacial score (nSPS) is 11.4. The third-order valence-electron chi connectivity index (χ3n) is 3.45. The fourth-order valence-electron chi connectivity index (χ4n) is 2.29. The molecule has 136 valence electrons. The standard InChI is InChI=1S/C17H19N5O4/c1-17(2,3)25-16(24)18-14-10-9-13(21(14)4)15(23)26-22-12-8-6-5-7-11(12)19-20-22/h5-10H,1-4H3,(H,18,24). The van der Waals surface area contributed by atoms with Gasteiger partial charge in [-0.15, -0.1) is 5.10 Å². The number of rotatable bonds is 3. The Morgan fingerprint density at radius 2 is 1.85 bits per heavy atom. The Morgan fingerprint density at radius 3 is 2.58 bits per heavy atom. The second-order valence-corrected chi connectivity index (χ2v) is 6.62. The van der Waals surface area contributed by atoms with Gasteiger partial charge < -0.3 is 14.1 Å². The average molecular weight is 357 g/mol. The van der Waals surface area contributed by atoms with Crippen LogP contribution < -0.4 is 10.2 Å². The first kappa shape index (κ1) is 17.5. The number of amides is 1. The molecule has 0 spiro atoms. The minimum atomic E-state index is -0.639. The van der Waals surface area contributed by atoms with Crippen LogP contribution in [0.25, 0.3) is 11.0 Å². The van der Waals surface area contributed by atoms with Crippen LogP contribution in [0.3, 0.4) is 0 Å². The van der Waals surface area contributed by atoms with Crippen LogP contribution in [0.15, 0.2) is 36.4 Å². The Labute approximate surface area is 149 Å². The minimum absolute atomic E-state index is 0.232. The first-order valence-electron chi connectivity index (χ1n) is 7.93. The molecule has 0 saturated carbocycles. The highest BCUT2D eigenvalue weighted by molar-refractivity contribution is 5.91. The van der Waals surface area contributed by atoms with Crippen LogP contribution in [0.2, 0.25) is 0 Å². The van der Waals surface area contributed by atoms with Gasteiger partial charge in [-0.1, -0.05) is 17.0 Å². The molecule has 9 nitrogen and oxygen atoms in total. The van der Waals surface area contributed by atoms with Gasteiger partial charge in [0, 0.05) is 7.05 Å². The number of carbonyl (C=O) groups excluding carboxylic acids is 2. The predicted molar refractivity (Wildman–Crippen MR) is 93.7 cm³/mol. The molecular weight excluding hydrogens is 338 g/mol. The zero-order valence-electron chi connectivity index (χ0n) is 14.9. The summed E-state index contributed by atoms with van der Waals surface area (Å²) in [6, 6.07) is 10.2. The van der Waals surface area contributed by atoms with Crippen LogP contribution in [-0.4, -0.2) is 37.4 Å². The monoisotopic (exact) mass is 357 g/mol. The van der Waals surface area contributed by atoms with Crippen LogP contribution in [0.1, 0.15) is 31.3 Å². The van der Waals surface area contributed by atoms with Gasteiger partial charge in [0.1, 0.15) is 28.1 Å². The third kappa shape index (κ3) is 3.66. The maximum Gasteiger partial charge on any atom is 0.413 e. The van der Waals surface area contributed by atoms with Gasteiger partial charge in [0.2, 0.25) is 0 Å². The lowest BCUT2D eigenvalue weighted by molar-refractivity contribution is 0.0397. The van der Waals surface area contributed by atoms with Crippen molar-refractivity contribution in [3.05, 3.63) is 42.1 Å². The van der Waals surface area contributed by atoms with E-state index in [0.29, 0.717) is 16.9 Å². The second kappa shape index (κ2) is 6.51. The first-order chi connectivity index (χ1) is 12.2. The van der Waals surface area contributed by atoms with Crippen molar-refractivity contribution in [1.82, 2.24) is 19.7 Å². The zero-order valence-corrected chi connectivity index (χ0v) is 14.9. The number of hydrogen-bond acceptors (Lipinski definition) is 6. The molecule has 1 N–H and O–H groups in total. The summed E-state index contributed by atoms with van der Waals surface area (Å²) in [5.41, 5.74) is 0.794. The maximum absolute atomic E-state index is 12.4. The lowest BCUT2D eigenvalue weighted by atomic mass is 10.2. The number of nitrogens with one attached hydrogen (secondary N) is 1. The summed E-state index contributed by atoms with van der Waals surface area (Å²) >= 11 is 0.